The summed E-state index contributed by atoms with van der Waals surface area (Å²) in [6.45, 7) is 6.28. The molecule has 1 aromatic carbocycles. The number of nitrogens with one attached hydrogen (secondary N) is 1. The number of hydrogen-bond donors (Lipinski definition) is 2. The van der Waals surface area contributed by atoms with Crippen LogP contribution < -0.4 is 10.5 Å². The van der Waals surface area contributed by atoms with E-state index in [2.05, 4.69) is 37.0 Å². The zero-order valence-electron chi connectivity index (χ0n) is 12.8. The predicted molar refractivity (Wildman–Crippen MR) is 83.0 cm³/mol. The van der Waals surface area contributed by atoms with Gasteiger partial charge in [-0.1, -0.05) is 51.1 Å². The lowest BCUT2D eigenvalue weighted by Crippen LogP contribution is -2.23. The number of nitrogens with zero attached hydrogens (tertiary/aromatic N) is 2. The molecule has 0 saturated heterocycles. The Kier molecular flexibility index (Phi) is 3.18. The van der Waals surface area contributed by atoms with Gasteiger partial charge >= 0.3 is 0 Å². The van der Waals surface area contributed by atoms with E-state index in [-0.39, 0.29) is 17.2 Å². The lowest BCUT2D eigenvalue weighted by Gasteiger charge is -2.27. The maximum atomic E-state index is 9.55. The van der Waals surface area contributed by atoms with E-state index in [0.29, 0.717) is 11.5 Å². The number of nitrogens with two attached hydrogens (primary N) is 1. The first-order valence-corrected chi connectivity index (χ1v) is 7.14. The van der Waals surface area contributed by atoms with E-state index < -0.39 is 0 Å². The second kappa shape index (κ2) is 4.92. The molecule has 1 aliphatic rings. The Hall–Kier alpha value is -2.74. The van der Waals surface area contributed by atoms with E-state index in [1.807, 2.05) is 30.3 Å². The van der Waals surface area contributed by atoms with Crippen molar-refractivity contribution in [3.05, 3.63) is 58.6 Å². The molecule has 5 heteroatoms. The molecular formula is C17H18N4O. The molecule has 5 nitrogen and oxygen atoms in total. The van der Waals surface area contributed by atoms with E-state index in [1.54, 1.807) is 0 Å². The highest BCUT2D eigenvalue weighted by molar-refractivity contribution is 5.56. The summed E-state index contributed by atoms with van der Waals surface area (Å²) < 4.78 is 5.56. The van der Waals surface area contributed by atoms with Crippen LogP contribution in [0.5, 0.6) is 5.88 Å². The van der Waals surface area contributed by atoms with Crippen LogP contribution in [0.25, 0.3) is 0 Å². The fourth-order valence-corrected chi connectivity index (χ4v) is 2.80. The van der Waals surface area contributed by atoms with Crippen LogP contribution in [-0.2, 0) is 5.41 Å². The summed E-state index contributed by atoms with van der Waals surface area (Å²) in [5.41, 5.74) is 9.05. The highest BCUT2D eigenvalue weighted by Crippen LogP contribution is 2.45. The van der Waals surface area contributed by atoms with E-state index in [9.17, 15) is 5.26 Å². The number of nitriles is 1. The van der Waals surface area contributed by atoms with Crippen molar-refractivity contribution < 1.29 is 4.74 Å². The molecule has 1 aromatic heterocycles. The molecule has 1 atom stereocenters. The van der Waals surface area contributed by atoms with Gasteiger partial charge in [-0.05, 0) is 5.56 Å². The third-order valence-electron chi connectivity index (χ3n) is 3.82. The maximum absolute atomic E-state index is 9.55. The van der Waals surface area contributed by atoms with E-state index in [0.717, 1.165) is 16.8 Å². The Balaban J connectivity index is 2.27. The minimum atomic E-state index is -0.261. The average molecular weight is 294 g/mol. The van der Waals surface area contributed by atoms with Gasteiger partial charge in [-0.25, -0.2) is 0 Å². The highest BCUT2D eigenvalue weighted by Gasteiger charge is 2.37. The number of hydrogen-bond acceptors (Lipinski definition) is 4. The lowest BCUT2D eigenvalue weighted by molar-refractivity contribution is 0.378. The molecule has 2 heterocycles. The van der Waals surface area contributed by atoms with Gasteiger partial charge in [-0.15, -0.1) is 5.10 Å². The molecule has 3 N–H and O–H groups in total. The fraction of sp³-hybridized carbons (Fsp3) is 0.294. The van der Waals surface area contributed by atoms with Gasteiger partial charge < -0.3 is 10.5 Å². The van der Waals surface area contributed by atoms with Crippen molar-refractivity contribution in [3.63, 3.8) is 0 Å². The van der Waals surface area contributed by atoms with E-state index >= 15 is 0 Å². The second-order valence-electron chi connectivity index (χ2n) is 6.40. The molecule has 0 aliphatic carbocycles. The van der Waals surface area contributed by atoms with Crippen LogP contribution in [-0.4, -0.2) is 10.2 Å². The number of aromatic amines is 1. The molecule has 2 aromatic rings. The fourth-order valence-electron chi connectivity index (χ4n) is 2.80. The van der Waals surface area contributed by atoms with Crippen molar-refractivity contribution >= 4 is 0 Å². The molecule has 0 saturated carbocycles. The molecule has 0 bridgehead atoms. The van der Waals surface area contributed by atoms with Crippen LogP contribution >= 0.6 is 0 Å². The van der Waals surface area contributed by atoms with Crippen LogP contribution in [0.4, 0.5) is 0 Å². The Labute approximate surface area is 129 Å². The second-order valence-corrected chi connectivity index (χ2v) is 6.40. The standard InChI is InChI=1S/C17H18N4O/c1-17(2,3)14-13-12(10-7-5-4-6-8-10)11(9-18)15(19)22-16(13)21-20-14/h4-8,12H,19H2,1-3H3,(H,20,21)/t12-/m0/s1. The van der Waals surface area contributed by atoms with Crippen LogP contribution in [0, 0.1) is 11.3 Å². The maximum Gasteiger partial charge on any atom is 0.244 e. The van der Waals surface area contributed by atoms with E-state index in [4.69, 9.17) is 10.5 Å². The largest absolute Gasteiger partial charge is 0.420 e. The van der Waals surface area contributed by atoms with E-state index in [1.165, 1.54) is 0 Å². The highest BCUT2D eigenvalue weighted by atomic mass is 16.5. The summed E-state index contributed by atoms with van der Waals surface area (Å²) in [7, 11) is 0. The van der Waals surface area contributed by atoms with Crippen LogP contribution in [0.2, 0.25) is 0 Å². The van der Waals surface area contributed by atoms with Gasteiger partial charge in [0.25, 0.3) is 0 Å². The predicted octanol–water partition coefficient (Wildman–Crippen LogP) is 2.93. The summed E-state index contributed by atoms with van der Waals surface area (Å²) in [4.78, 5) is 0. The molecule has 0 amide bonds. The minimum absolute atomic E-state index is 0.121. The Morgan fingerprint density at radius 1 is 1.27 bits per heavy atom. The SMILES string of the molecule is CC(C)(C)c1[nH]nc2c1[C@@H](c1ccccc1)C(C#N)=C(N)O2. The molecule has 0 spiro atoms. The molecule has 0 fully saturated rings. The first-order valence-electron chi connectivity index (χ1n) is 7.14. The first kappa shape index (κ1) is 14.2. The molecule has 3 rings (SSSR count). The van der Waals surface area contributed by atoms with Crippen molar-refractivity contribution in [2.45, 2.75) is 32.1 Å². The molecular weight excluding hydrogens is 276 g/mol. The molecule has 1 aliphatic heterocycles. The molecule has 0 radical (unpaired) electrons. The summed E-state index contributed by atoms with van der Waals surface area (Å²) in [5, 5.41) is 16.9. The third kappa shape index (κ3) is 2.13. The average Bonchev–Trinajstić information content (AvgIpc) is 2.90. The summed E-state index contributed by atoms with van der Waals surface area (Å²) >= 11 is 0. The first-order chi connectivity index (χ1) is 10.4. The van der Waals surface area contributed by atoms with Crippen molar-refractivity contribution in [1.82, 2.24) is 10.2 Å². The van der Waals surface area contributed by atoms with Crippen molar-refractivity contribution in [3.8, 4) is 11.9 Å². The van der Waals surface area contributed by atoms with Crippen molar-refractivity contribution in [2.24, 2.45) is 5.73 Å². The van der Waals surface area contributed by atoms with Gasteiger partial charge in [0.05, 0.1) is 11.5 Å². The summed E-state index contributed by atoms with van der Waals surface area (Å²) in [6, 6.07) is 12.0. The van der Waals surface area contributed by atoms with Gasteiger partial charge in [0.1, 0.15) is 11.6 Å². The quantitative estimate of drug-likeness (QED) is 0.846. The molecule has 112 valence electrons. The van der Waals surface area contributed by atoms with Crippen LogP contribution in [0.1, 0.15) is 43.5 Å². The summed E-state index contributed by atoms with van der Waals surface area (Å²) in [5.74, 6) is 0.314. The molecule has 0 unspecified atom stereocenters. The number of allylic oxidation sites excluding steroid dienone is 1. The number of rotatable bonds is 1. The van der Waals surface area contributed by atoms with Gasteiger partial charge in [-0.3, -0.25) is 5.10 Å². The van der Waals surface area contributed by atoms with Gasteiger partial charge in [0, 0.05) is 11.1 Å². The topological polar surface area (TPSA) is 87.7 Å². The van der Waals surface area contributed by atoms with Gasteiger partial charge in [-0.2, -0.15) is 5.26 Å². The van der Waals surface area contributed by atoms with Gasteiger partial charge in [0.15, 0.2) is 0 Å². The lowest BCUT2D eigenvalue weighted by atomic mass is 9.79. The number of ether oxygens (including phenoxy) is 1. The number of aromatic nitrogens is 2. The summed E-state index contributed by atoms with van der Waals surface area (Å²) in [6.07, 6.45) is 0. The Morgan fingerprint density at radius 2 is 1.95 bits per heavy atom. The normalized spacial score (nSPS) is 17.6. The Bertz CT molecular complexity index is 775. The number of fused-ring (bicyclic) bond motifs is 1. The zero-order valence-corrected chi connectivity index (χ0v) is 12.8. The Morgan fingerprint density at radius 3 is 2.55 bits per heavy atom. The van der Waals surface area contributed by atoms with Crippen LogP contribution in [0.15, 0.2) is 41.8 Å². The van der Waals surface area contributed by atoms with Crippen molar-refractivity contribution in [2.75, 3.05) is 0 Å². The third-order valence-corrected chi connectivity index (χ3v) is 3.82. The smallest absolute Gasteiger partial charge is 0.244 e. The zero-order chi connectivity index (χ0) is 15.9. The minimum Gasteiger partial charge on any atom is -0.420 e. The van der Waals surface area contributed by atoms with Crippen LogP contribution in [0.3, 0.4) is 0 Å². The monoisotopic (exact) mass is 294 g/mol. The van der Waals surface area contributed by atoms with Crippen molar-refractivity contribution in [1.29, 1.82) is 5.26 Å². The molecule has 22 heavy (non-hydrogen) atoms. The number of benzene rings is 1. The number of H-pyrrole nitrogens is 1. The van der Waals surface area contributed by atoms with Gasteiger partial charge in [0.2, 0.25) is 11.8 Å².